The summed E-state index contributed by atoms with van der Waals surface area (Å²) in [7, 11) is -3.79. The lowest BCUT2D eigenvalue weighted by atomic mass is 9.73. The normalized spacial score (nSPS) is 18.3. The Kier molecular flexibility index (Phi) is 10.1. The molecule has 0 radical (unpaired) electrons. The Bertz CT molecular complexity index is 1450. The second-order valence-corrected chi connectivity index (χ2v) is 13.6. The highest BCUT2D eigenvalue weighted by Gasteiger charge is 2.37. The number of amides is 1. The molecule has 0 unspecified atom stereocenters. The number of aromatic nitrogens is 2. The van der Waals surface area contributed by atoms with Crippen LogP contribution in [-0.2, 0) is 27.8 Å². The standard InChI is InChI=1S/C32H43N5O5S/c1-25-31(26(2)42-35-25)43(39,40)34-17-12-30(38)37-18-14-32(15-19-37)13-6-5-10-28-9-3-4-11-29(28)41-21-20-36(24-32)23-27-8-7-16-33-22-27/h3-4,7-9,11,16,22,34H,5-6,10,12-15,17-21,23-24H2,1-2H3. The van der Waals surface area contributed by atoms with E-state index in [0.717, 1.165) is 63.9 Å². The number of aryl methyl sites for hydroxylation is 3. The molecule has 0 saturated carbocycles. The maximum Gasteiger partial charge on any atom is 0.245 e. The number of pyridine rings is 1. The Morgan fingerprint density at radius 3 is 2.60 bits per heavy atom. The summed E-state index contributed by atoms with van der Waals surface area (Å²) < 4.78 is 39.3. The minimum atomic E-state index is -3.79. The van der Waals surface area contributed by atoms with Crippen LogP contribution < -0.4 is 9.46 Å². The van der Waals surface area contributed by atoms with E-state index in [1.165, 1.54) is 11.1 Å². The van der Waals surface area contributed by atoms with Gasteiger partial charge in [-0.05, 0) is 74.6 Å². The summed E-state index contributed by atoms with van der Waals surface area (Å²) in [4.78, 5) is 21.9. The van der Waals surface area contributed by atoms with Gasteiger partial charge in [0.15, 0.2) is 5.76 Å². The lowest BCUT2D eigenvalue weighted by Gasteiger charge is -2.45. The van der Waals surface area contributed by atoms with E-state index in [1.807, 2.05) is 23.2 Å². The molecule has 5 rings (SSSR count). The molecule has 0 bridgehead atoms. The summed E-state index contributed by atoms with van der Waals surface area (Å²) >= 11 is 0. The number of ether oxygens (including phenoxy) is 1. The van der Waals surface area contributed by atoms with Crippen LogP contribution >= 0.6 is 0 Å². The predicted octanol–water partition coefficient (Wildman–Crippen LogP) is 4.27. The van der Waals surface area contributed by atoms with Gasteiger partial charge in [-0.1, -0.05) is 35.8 Å². The monoisotopic (exact) mass is 609 g/mol. The third-order valence-corrected chi connectivity index (χ3v) is 10.5. The number of likely N-dealkylation sites (tertiary alicyclic amines) is 1. The molecule has 0 atom stereocenters. The van der Waals surface area contributed by atoms with Crippen LogP contribution in [-0.4, -0.2) is 73.6 Å². The average molecular weight is 610 g/mol. The van der Waals surface area contributed by atoms with Gasteiger partial charge >= 0.3 is 0 Å². The highest BCUT2D eigenvalue weighted by molar-refractivity contribution is 7.89. The Labute approximate surface area is 254 Å². The average Bonchev–Trinajstić information content (AvgIpc) is 3.34. The molecule has 10 nitrogen and oxygen atoms in total. The number of fused-ring (bicyclic) bond motifs is 1. The molecular formula is C32H43N5O5S. The van der Waals surface area contributed by atoms with Crippen LogP contribution in [0.15, 0.2) is 58.2 Å². The van der Waals surface area contributed by atoms with Crippen molar-refractivity contribution < 1.29 is 22.5 Å². The fourth-order valence-corrected chi connectivity index (χ4v) is 7.85. The number of benzene rings is 1. The van der Waals surface area contributed by atoms with Crippen LogP contribution in [0.4, 0.5) is 0 Å². The van der Waals surface area contributed by atoms with E-state index in [4.69, 9.17) is 9.26 Å². The van der Waals surface area contributed by atoms with E-state index < -0.39 is 10.0 Å². The molecule has 2 aliphatic rings. The molecule has 1 fully saturated rings. The number of hydrogen-bond donors (Lipinski definition) is 1. The van der Waals surface area contributed by atoms with Crippen molar-refractivity contribution in [3.05, 3.63) is 71.4 Å². The number of sulfonamides is 1. The quantitative estimate of drug-likeness (QED) is 0.422. The first-order chi connectivity index (χ1) is 20.7. The van der Waals surface area contributed by atoms with Crippen molar-refractivity contribution in [3.8, 4) is 5.75 Å². The van der Waals surface area contributed by atoms with Crippen molar-refractivity contribution in [1.29, 1.82) is 0 Å². The fourth-order valence-electron chi connectivity index (χ4n) is 6.49. The molecular weight excluding hydrogens is 566 g/mol. The number of carbonyl (C=O) groups excluding carboxylic acids is 1. The fraction of sp³-hybridized carbons (Fsp3) is 0.531. The Morgan fingerprint density at radius 2 is 1.86 bits per heavy atom. The molecule has 1 N–H and O–H groups in total. The Morgan fingerprint density at radius 1 is 1.05 bits per heavy atom. The van der Waals surface area contributed by atoms with Gasteiger partial charge in [0, 0.05) is 58.1 Å². The van der Waals surface area contributed by atoms with E-state index in [1.54, 1.807) is 20.0 Å². The molecule has 1 spiro atoms. The smallest absolute Gasteiger partial charge is 0.245 e. The Hall–Kier alpha value is -3.28. The first-order valence-electron chi connectivity index (χ1n) is 15.3. The van der Waals surface area contributed by atoms with Gasteiger partial charge in [0.2, 0.25) is 15.9 Å². The number of rotatable bonds is 7. The largest absolute Gasteiger partial charge is 0.492 e. The number of nitrogens with zero attached hydrogens (tertiary/aromatic N) is 4. The summed E-state index contributed by atoms with van der Waals surface area (Å²) in [5, 5.41) is 3.73. The molecule has 0 aliphatic carbocycles. The lowest BCUT2D eigenvalue weighted by molar-refractivity contribution is -0.133. The second kappa shape index (κ2) is 14.0. The SMILES string of the molecule is Cc1noc(C)c1S(=O)(=O)NCCC(=O)N1CCC2(CCCCc3ccccc3OCCN(Cc3cccnc3)C2)CC1. The maximum absolute atomic E-state index is 13.1. The van der Waals surface area contributed by atoms with Gasteiger partial charge in [-0.25, -0.2) is 13.1 Å². The summed E-state index contributed by atoms with van der Waals surface area (Å²) in [6, 6.07) is 12.5. The van der Waals surface area contributed by atoms with Crippen molar-refractivity contribution >= 4 is 15.9 Å². The predicted molar refractivity (Wildman–Crippen MR) is 163 cm³/mol. The molecule has 1 aromatic carbocycles. The molecule has 2 aliphatic heterocycles. The van der Waals surface area contributed by atoms with E-state index in [2.05, 4.69) is 44.0 Å². The number of carbonyl (C=O) groups is 1. The molecule has 4 heterocycles. The van der Waals surface area contributed by atoms with E-state index >= 15 is 0 Å². The van der Waals surface area contributed by atoms with Gasteiger partial charge in [-0.2, -0.15) is 0 Å². The number of nitrogens with one attached hydrogen (secondary N) is 1. The van der Waals surface area contributed by atoms with E-state index in [-0.39, 0.29) is 34.9 Å². The highest BCUT2D eigenvalue weighted by Crippen LogP contribution is 2.39. The molecule has 2 aromatic heterocycles. The van der Waals surface area contributed by atoms with Crippen LogP contribution in [0, 0.1) is 19.3 Å². The summed E-state index contributed by atoms with van der Waals surface area (Å²) in [6.45, 7) is 7.70. The number of hydrogen-bond acceptors (Lipinski definition) is 8. The van der Waals surface area contributed by atoms with E-state index in [0.29, 0.717) is 25.4 Å². The van der Waals surface area contributed by atoms with Crippen molar-refractivity contribution in [2.75, 3.05) is 39.3 Å². The number of piperidine rings is 1. The zero-order valence-electron chi connectivity index (χ0n) is 25.3. The molecule has 3 aromatic rings. The van der Waals surface area contributed by atoms with Gasteiger partial charge in [0.1, 0.15) is 22.9 Å². The minimum absolute atomic E-state index is 0.0262. The molecule has 232 valence electrons. The van der Waals surface area contributed by atoms with Crippen LogP contribution in [0.25, 0.3) is 0 Å². The molecule has 43 heavy (non-hydrogen) atoms. The van der Waals surface area contributed by atoms with Crippen molar-refractivity contribution in [2.24, 2.45) is 5.41 Å². The van der Waals surface area contributed by atoms with Crippen LogP contribution in [0.2, 0.25) is 0 Å². The summed E-state index contributed by atoms with van der Waals surface area (Å²) in [5.41, 5.74) is 2.85. The Balaban J connectivity index is 1.22. The van der Waals surface area contributed by atoms with Gasteiger partial charge in [-0.3, -0.25) is 14.7 Å². The molecule has 1 saturated heterocycles. The lowest BCUT2D eigenvalue weighted by Crippen LogP contribution is -2.49. The third-order valence-electron chi connectivity index (χ3n) is 8.77. The van der Waals surface area contributed by atoms with Crippen molar-refractivity contribution in [2.45, 2.75) is 70.2 Å². The summed E-state index contributed by atoms with van der Waals surface area (Å²) in [6.07, 6.45) is 10.0. The van der Waals surface area contributed by atoms with Crippen LogP contribution in [0.3, 0.4) is 0 Å². The van der Waals surface area contributed by atoms with Crippen molar-refractivity contribution in [1.82, 2.24) is 24.7 Å². The van der Waals surface area contributed by atoms with Gasteiger partial charge < -0.3 is 14.2 Å². The molecule has 11 heteroatoms. The number of para-hydroxylation sites is 1. The first-order valence-corrected chi connectivity index (χ1v) is 16.8. The molecule has 1 amide bonds. The van der Waals surface area contributed by atoms with E-state index in [9.17, 15) is 13.2 Å². The van der Waals surface area contributed by atoms with Gasteiger partial charge in [-0.15, -0.1) is 0 Å². The summed E-state index contributed by atoms with van der Waals surface area (Å²) in [5.74, 6) is 1.20. The van der Waals surface area contributed by atoms with Crippen LogP contribution in [0.1, 0.15) is 61.1 Å². The second-order valence-electron chi connectivity index (χ2n) is 11.9. The van der Waals surface area contributed by atoms with Gasteiger partial charge in [0.05, 0.1) is 0 Å². The zero-order valence-corrected chi connectivity index (χ0v) is 26.1. The van der Waals surface area contributed by atoms with Crippen molar-refractivity contribution in [3.63, 3.8) is 0 Å². The minimum Gasteiger partial charge on any atom is -0.492 e. The highest BCUT2D eigenvalue weighted by atomic mass is 32.2. The van der Waals surface area contributed by atoms with Gasteiger partial charge in [0.25, 0.3) is 0 Å². The third kappa shape index (κ3) is 8.01. The first kappa shape index (κ1) is 31.2. The topological polar surface area (TPSA) is 118 Å². The maximum atomic E-state index is 13.1. The van der Waals surface area contributed by atoms with Crippen LogP contribution in [0.5, 0.6) is 5.75 Å². The zero-order chi connectivity index (χ0) is 30.3.